The van der Waals surface area contributed by atoms with Gasteiger partial charge < -0.3 is 10.1 Å². The van der Waals surface area contributed by atoms with E-state index in [0.717, 1.165) is 11.3 Å². The summed E-state index contributed by atoms with van der Waals surface area (Å²) in [6, 6.07) is 21.4. The molecule has 0 bridgehead atoms. The Labute approximate surface area is 156 Å². The molecule has 126 valence electrons. The van der Waals surface area contributed by atoms with Crippen molar-refractivity contribution in [2.75, 3.05) is 0 Å². The van der Waals surface area contributed by atoms with Crippen LogP contribution in [0.25, 0.3) is 22.0 Å². The molecule has 3 nitrogen and oxygen atoms in total. The van der Waals surface area contributed by atoms with Gasteiger partial charge in [-0.05, 0) is 29.5 Å². The van der Waals surface area contributed by atoms with E-state index in [1.54, 1.807) is 0 Å². The number of hydrogen-bond acceptors (Lipinski definition) is 2. The van der Waals surface area contributed by atoms with Crippen LogP contribution in [0.1, 0.15) is 13.8 Å². The fraction of sp³-hybridized carbons (Fsp3) is 0.100. The predicted octanol–water partition coefficient (Wildman–Crippen LogP) is 4.71. The van der Waals surface area contributed by atoms with E-state index in [-0.39, 0.29) is 32.6 Å². The zero-order chi connectivity index (χ0) is 16.7. The maximum absolute atomic E-state index is 8.40. The van der Waals surface area contributed by atoms with Crippen LogP contribution in [0.3, 0.4) is 0 Å². The predicted molar refractivity (Wildman–Crippen MR) is 95.0 cm³/mol. The molecule has 0 saturated heterocycles. The Hall–Kier alpha value is -2.25. The standard InChI is InChI=1S/C15H10N.C5H8O2.Pt/c1-2-7-13(8-3-1)15-14-9-5-4-6-12(14)10-11-16-15;1-4(6)3-5(2)7;/h1-7,9-11H;3,6H,1-2H3;/q-1;;/p+1/b;4-3-;. The second kappa shape index (κ2) is 9.79. The van der Waals surface area contributed by atoms with Crippen molar-refractivity contribution < 1.29 is 31.0 Å². The molecule has 2 aromatic carbocycles. The molecule has 3 rings (SSSR count). The van der Waals surface area contributed by atoms with Crippen molar-refractivity contribution in [3.63, 3.8) is 0 Å². The molecule has 1 heterocycles. The molecule has 0 aliphatic heterocycles. The monoisotopic (exact) mass is 500 g/mol. The number of hydrogen-bond donors (Lipinski definition) is 1. The molecule has 0 radical (unpaired) electrons. The minimum Gasteiger partial charge on any atom is -0.512 e. The number of nitrogens with zero attached hydrogens (tertiary/aromatic N) is 1. The van der Waals surface area contributed by atoms with Crippen molar-refractivity contribution in [1.82, 2.24) is 4.98 Å². The van der Waals surface area contributed by atoms with Crippen molar-refractivity contribution in [1.29, 1.82) is 0 Å². The summed E-state index contributed by atoms with van der Waals surface area (Å²) in [5.41, 5.74) is 2.04. The molecule has 0 spiro atoms. The Kier molecular flexibility index (Phi) is 8.08. The van der Waals surface area contributed by atoms with E-state index in [1.165, 1.54) is 30.7 Å². The van der Waals surface area contributed by atoms with Gasteiger partial charge in [0.05, 0.1) is 18.8 Å². The normalized spacial score (nSPS) is 10.3. The number of benzene rings is 2. The van der Waals surface area contributed by atoms with Crippen LogP contribution in [0.4, 0.5) is 0 Å². The van der Waals surface area contributed by atoms with Gasteiger partial charge in [-0.25, -0.2) is 0 Å². The van der Waals surface area contributed by atoms with E-state index >= 15 is 0 Å². The fourth-order valence-corrected chi connectivity index (χ4v) is 2.18. The number of fused-ring (bicyclic) bond motifs is 1. The average molecular weight is 500 g/mol. The molecule has 3 aromatic rings. The molecule has 0 aliphatic carbocycles. The smallest absolute Gasteiger partial charge is 0.316 e. The number of aromatic nitrogens is 1. The molecule has 0 amide bonds. The average Bonchev–Trinajstić information content (AvgIpc) is 2.54. The second-order valence-electron chi connectivity index (χ2n) is 5.08. The van der Waals surface area contributed by atoms with Crippen LogP contribution in [0, 0.1) is 6.07 Å². The molecule has 0 fully saturated rings. The minimum atomic E-state index is 0. The van der Waals surface area contributed by atoms with Gasteiger partial charge in [-0.15, -0.1) is 35.9 Å². The first-order valence-corrected chi connectivity index (χ1v) is 7.28. The largest absolute Gasteiger partial charge is 0.512 e. The number of rotatable bonds is 2. The fourth-order valence-electron chi connectivity index (χ4n) is 2.18. The minimum absolute atomic E-state index is 0. The Bertz CT molecular complexity index is 820. The third kappa shape index (κ3) is 5.75. The van der Waals surface area contributed by atoms with E-state index in [1.807, 2.05) is 48.7 Å². The van der Waals surface area contributed by atoms with Crippen molar-refractivity contribution in [2.45, 2.75) is 13.8 Å². The zero-order valence-electron chi connectivity index (χ0n) is 13.5. The number of ketones is 1. The Morgan fingerprint density at radius 3 is 2.38 bits per heavy atom. The van der Waals surface area contributed by atoms with Crippen molar-refractivity contribution in [3.05, 3.63) is 78.7 Å². The number of carbonyl (C=O) groups excluding carboxylic acids is 1. The molecule has 0 aliphatic rings. The van der Waals surface area contributed by atoms with E-state index in [2.05, 4.69) is 23.2 Å². The summed E-state index contributed by atoms with van der Waals surface area (Å²) in [5, 5.41) is 10.8. The van der Waals surface area contributed by atoms with Gasteiger partial charge in [-0.3, -0.25) is 4.79 Å². The molecule has 1 aromatic heterocycles. The first-order valence-electron chi connectivity index (χ1n) is 7.28. The number of allylic oxidation sites excluding steroid dienone is 2. The van der Waals surface area contributed by atoms with Crippen molar-refractivity contribution in [3.8, 4) is 11.3 Å². The van der Waals surface area contributed by atoms with Gasteiger partial charge >= 0.3 is 5.78 Å². The van der Waals surface area contributed by atoms with Crippen molar-refractivity contribution in [2.24, 2.45) is 0 Å². The summed E-state index contributed by atoms with van der Waals surface area (Å²) in [6.45, 7) is 3.00. The molecular formula is C20H19NO2Pt. The number of aliphatic hydroxyl groups is 1. The van der Waals surface area contributed by atoms with Gasteiger partial charge in [0, 0.05) is 27.3 Å². The third-order valence-electron chi connectivity index (χ3n) is 3.06. The van der Waals surface area contributed by atoms with Crippen LogP contribution in [0.2, 0.25) is 0 Å². The van der Waals surface area contributed by atoms with Crippen LogP contribution in [-0.2, 0) is 21.1 Å². The zero-order valence-corrected chi connectivity index (χ0v) is 15.8. The molecule has 4 heteroatoms. The van der Waals surface area contributed by atoms with Crippen LogP contribution in [0.15, 0.2) is 72.6 Å². The Morgan fingerprint density at radius 2 is 1.79 bits per heavy atom. The van der Waals surface area contributed by atoms with Crippen LogP contribution >= 0.6 is 0 Å². The third-order valence-corrected chi connectivity index (χ3v) is 3.06. The van der Waals surface area contributed by atoms with Gasteiger partial charge in [0.25, 0.3) is 0 Å². The van der Waals surface area contributed by atoms with E-state index in [0.29, 0.717) is 0 Å². The van der Waals surface area contributed by atoms with Gasteiger partial charge in [0.2, 0.25) is 0 Å². The van der Waals surface area contributed by atoms with Gasteiger partial charge in [0.15, 0.2) is 0 Å². The molecular weight excluding hydrogens is 481 g/mol. The summed E-state index contributed by atoms with van der Waals surface area (Å²) in [5.74, 6) is 0.250. The molecule has 0 atom stereocenters. The maximum atomic E-state index is 8.40. The first-order chi connectivity index (χ1) is 11.1. The quantitative estimate of drug-likeness (QED) is 0.240. The van der Waals surface area contributed by atoms with E-state index in [9.17, 15) is 0 Å². The molecule has 0 saturated carbocycles. The van der Waals surface area contributed by atoms with Crippen LogP contribution < -0.4 is 0 Å². The van der Waals surface area contributed by atoms with Crippen molar-refractivity contribution >= 4 is 16.6 Å². The maximum Gasteiger partial charge on any atom is 0.316 e. The molecule has 0 unspecified atom stereocenters. The summed E-state index contributed by atoms with van der Waals surface area (Å²) in [4.78, 5) is 12.8. The second-order valence-corrected chi connectivity index (χ2v) is 5.08. The summed E-state index contributed by atoms with van der Waals surface area (Å²) in [7, 11) is 0. The van der Waals surface area contributed by atoms with Gasteiger partial charge in [-0.2, -0.15) is 0 Å². The van der Waals surface area contributed by atoms with Gasteiger partial charge in [-0.1, -0.05) is 24.3 Å². The van der Waals surface area contributed by atoms with E-state index in [4.69, 9.17) is 9.90 Å². The Morgan fingerprint density at radius 1 is 1.08 bits per heavy atom. The molecule has 24 heavy (non-hydrogen) atoms. The number of pyridine rings is 1. The summed E-state index contributed by atoms with van der Waals surface area (Å²) >= 11 is 0. The van der Waals surface area contributed by atoms with Crippen LogP contribution in [0.5, 0.6) is 0 Å². The van der Waals surface area contributed by atoms with E-state index < -0.39 is 0 Å². The molecule has 2 N–H and O–H groups in total. The number of aliphatic hydroxyl groups excluding tert-OH is 1. The summed E-state index contributed by atoms with van der Waals surface area (Å²) in [6.07, 6.45) is 3.12. The SMILES string of the molecule is CC(=[OH+])/C=C(/C)O.[Pt].[c-]1ccccc1-c1nccc2ccccc12. The summed E-state index contributed by atoms with van der Waals surface area (Å²) < 4.78 is 0. The first kappa shape index (κ1) is 19.8. The topological polar surface area (TPSA) is 54.5 Å². The Balaban J connectivity index is 0.000000312. The van der Waals surface area contributed by atoms with Crippen LogP contribution in [-0.4, -0.2) is 20.7 Å². The van der Waals surface area contributed by atoms with Gasteiger partial charge in [0.1, 0.15) is 0 Å².